The second-order valence-corrected chi connectivity index (χ2v) is 6.70. The summed E-state index contributed by atoms with van der Waals surface area (Å²) >= 11 is 3.23. The molecule has 0 radical (unpaired) electrons. The highest BCUT2D eigenvalue weighted by molar-refractivity contribution is 8.00. The van der Waals surface area contributed by atoms with Gasteiger partial charge in [0.25, 0.3) is 0 Å². The van der Waals surface area contributed by atoms with Crippen LogP contribution in [0.15, 0.2) is 0 Å². The number of carboxylic acids is 1. The summed E-state index contributed by atoms with van der Waals surface area (Å²) in [6.07, 6.45) is 2.03. The minimum atomic E-state index is -0.931. The molecule has 2 N–H and O–H groups in total. The highest BCUT2D eigenvalue weighted by Crippen LogP contribution is 2.28. The Labute approximate surface area is 116 Å². The summed E-state index contributed by atoms with van der Waals surface area (Å²) in [5.41, 5.74) is 0. The van der Waals surface area contributed by atoms with Crippen molar-refractivity contribution in [3.8, 4) is 0 Å². The summed E-state index contributed by atoms with van der Waals surface area (Å²) in [7, 11) is 0. The van der Waals surface area contributed by atoms with Crippen molar-refractivity contribution in [2.45, 2.75) is 25.3 Å². The number of aliphatic carboxylic acids is 1. The quantitative estimate of drug-likeness (QED) is 0.804. The van der Waals surface area contributed by atoms with Crippen LogP contribution in [0.5, 0.6) is 0 Å². The molecule has 7 heteroatoms. The summed E-state index contributed by atoms with van der Waals surface area (Å²) in [5, 5.41) is 11.8. The van der Waals surface area contributed by atoms with Gasteiger partial charge in [-0.15, -0.1) is 11.8 Å². The van der Waals surface area contributed by atoms with Crippen LogP contribution in [0, 0.1) is 5.92 Å². The summed E-state index contributed by atoms with van der Waals surface area (Å²) in [4.78, 5) is 24.5. The number of hydrogen-bond acceptors (Lipinski definition) is 4. The van der Waals surface area contributed by atoms with Gasteiger partial charge >= 0.3 is 12.0 Å². The van der Waals surface area contributed by atoms with Crippen molar-refractivity contribution in [2.24, 2.45) is 5.92 Å². The van der Waals surface area contributed by atoms with Crippen molar-refractivity contribution in [3.05, 3.63) is 0 Å². The molecule has 18 heavy (non-hydrogen) atoms. The highest BCUT2D eigenvalue weighted by atomic mass is 32.2. The van der Waals surface area contributed by atoms with Gasteiger partial charge in [-0.25, -0.2) is 9.59 Å². The first kappa shape index (κ1) is 15.5. The van der Waals surface area contributed by atoms with Crippen molar-refractivity contribution >= 4 is 35.5 Å². The summed E-state index contributed by atoms with van der Waals surface area (Å²) in [6.45, 7) is 4.51. The van der Waals surface area contributed by atoms with E-state index in [1.54, 1.807) is 11.8 Å². The second-order valence-electron chi connectivity index (χ2n) is 4.44. The Morgan fingerprint density at radius 2 is 2.28 bits per heavy atom. The minimum Gasteiger partial charge on any atom is -0.480 e. The summed E-state index contributed by atoms with van der Waals surface area (Å²) in [6, 6.07) is -0.978. The monoisotopic (exact) mass is 292 g/mol. The fraction of sp³-hybridized carbons (Fsp3) is 0.818. The van der Waals surface area contributed by atoms with Gasteiger partial charge < -0.3 is 10.4 Å². The number of carbonyl (C=O) groups excluding carboxylic acids is 1. The molecule has 1 aliphatic rings. The predicted octanol–water partition coefficient (Wildman–Crippen LogP) is 1.54. The molecule has 3 atom stereocenters. The molecule has 1 fully saturated rings. The predicted molar refractivity (Wildman–Crippen MR) is 76.1 cm³/mol. The van der Waals surface area contributed by atoms with E-state index in [0.29, 0.717) is 18.2 Å². The molecule has 5 nitrogen and oxygen atoms in total. The third kappa shape index (κ3) is 3.98. The van der Waals surface area contributed by atoms with Crippen LogP contribution in [-0.4, -0.2) is 57.7 Å². The minimum absolute atomic E-state index is 0.0815. The number of nitrogens with zero attached hydrogens (tertiary/aromatic N) is 1. The molecule has 0 aromatic heterocycles. The number of amides is 2. The number of carboxylic acid groups (broad SMARTS) is 1. The van der Waals surface area contributed by atoms with Crippen LogP contribution in [0.3, 0.4) is 0 Å². The lowest BCUT2D eigenvalue weighted by atomic mass is 10.2. The largest absolute Gasteiger partial charge is 0.480 e. The van der Waals surface area contributed by atoms with E-state index in [1.807, 2.05) is 13.2 Å². The van der Waals surface area contributed by atoms with E-state index in [-0.39, 0.29) is 11.4 Å². The second kappa shape index (κ2) is 7.13. The fourth-order valence-electron chi connectivity index (χ4n) is 1.84. The fourth-order valence-corrected chi connectivity index (χ4v) is 3.69. The molecular weight excluding hydrogens is 272 g/mol. The van der Waals surface area contributed by atoms with E-state index in [4.69, 9.17) is 5.11 Å². The number of rotatable bonds is 5. The van der Waals surface area contributed by atoms with Gasteiger partial charge in [-0.2, -0.15) is 11.8 Å². The topological polar surface area (TPSA) is 69.6 Å². The Hall–Kier alpha value is -0.560. The molecule has 0 saturated carbocycles. The third-order valence-corrected chi connectivity index (χ3v) is 4.92. The number of carbonyl (C=O) groups is 2. The van der Waals surface area contributed by atoms with Gasteiger partial charge in [0.05, 0.1) is 5.37 Å². The van der Waals surface area contributed by atoms with Gasteiger partial charge in [0.2, 0.25) is 0 Å². The molecule has 104 valence electrons. The summed E-state index contributed by atoms with van der Waals surface area (Å²) in [5.74, 6) is 0.897. The molecule has 3 unspecified atom stereocenters. The van der Waals surface area contributed by atoms with Gasteiger partial charge in [0.15, 0.2) is 0 Å². The van der Waals surface area contributed by atoms with Crippen LogP contribution < -0.4 is 5.32 Å². The molecule has 0 aromatic carbocycles. The van der Waals surface area contributed by atoms with Crippen LogP contribution in [-0.2, 0) is 4.79 Å². The van der Waals surface area contributed by atoms with Gasteiger partial charge in [-0.1, -0.05) is 6.92 Å². The molecular formula is C11H20N2O3S2. The Bertz CT molecular complexity index is 315. The van der Waals surface area contributed by atoms with Gasteiger partial charge in [0, 0.05) is 12.3 Å². The zero-order valence-corrected chi connectivity index (χ0v) is 12.5. The zero-order valence-electron chi connectivity index (χ0n) is 10.9. The molecule has 1 rings (SSSR count). The van der Waals surface area contributed by atoms with Gasteiger partial charge in [-0.05, 0) is 24.9 Å². The lowest BCUT2D eigenvalue weighted by Gasteiger charge is -2.26. The van der Waals surface area contributed by atoms with Gasteiger partial charge in [0.1, 0.15) is 6.04 Å². The Morgan fingerprint density at radius 1 is 1.61 bits per heavy atom. The van der Waals surface area contributed by atoms with E-state index in [1.165, 1.54) is 16.7 Å². The average Bonchev–Trinajstić information content (AvgIpc) is 2.68. The van der Waals surface area contributed by atoms with Crippen molar-refractivity contribution in [2.75, 3.05) is 24.3 Å². The first-order valence-corrected chi connectivity index (χ1v) is 8.31. The van der Waals surface area contributed by atoms with Crippen molar-refractivity contribution < 1.29 is 14.7 Å². The van der Waals surface area contributed by atoms with Crippen molar-refractivity contribution in [1.29, 1.82) is 0 Å². The van der Waals surface area contributed by atoms with Crippen LogP contribution >= 0.6 is 23.5 Å². The van der Waals surface area contributed by atoms with E-state index in [2.05, 4.69) is 12.2 Å². The standard InChI is InChI=1S/C11H20N2O3S2/c1-7(5-17-3)4-12-11(16)13-8(2)18-6-9(13)10(14)15/h7-9H,4-6H2,1-3H3,(H,12,16)(H,14,15). The maximum absolute atomic E-state index is 12.0. The molecule has 0 bridgehead atoms. The normalized spacial score (nSPS) is 24.9. The highest BCUT2D eigenvalue weighted by Gasteiger charge is 2.39. The Balaban J connectivity index is 2.51. The van der Waals surface area contributed by atoms with Crippen LogP contribution in [0.25, 0.3) is 0 Å². The smallest absolute Gasteiger partial charge is 0.327 e. The maximum atomic E-state index is 12.0. The molecule has 1 heterocycles. The molecule has 1 aliphatic heterocycles. The zero-order chi connectivity index (χ0) is 13.7. The molecule has 0 spiro atoms. The number of urea groups is 1. The number of hydrogen-bond donors (Lipinski definition) is 2. The number of thioether (sulfide) groups is 2. The maximum Gasteiger partial charge on any atom is 0.327 e. The first-order chi connectivity index (χ1) is 8.47. The van der Waals surface area contributed by atoms with Crippen LogP contribution in [0.1, 0.15) is 13.8 Å². The van der Waals surface area contributed by atoms with Gasteiger partial charge in [-0.3, -0.25) is 4.90 Å². The Kier molecular flexibility index (Phi) is 6.14. The van der Waals surface area contributed by atoms with Crippen LogP contribution in [0.4, 0.5) is 4.79 Å². The molecule has 1 saturated heterocycles. The first-order valence-electron chi connectivity index (χ1n) is 5.86. The molecule has 0 aliphatic carbocycles. The molecule has 2 amide bonds. The van der Waals surface area contributed by atoms with Crippen molar-refractivity contribution in [3.63, 3.8) is 0 Å². The van der Waals surface area contributed by atoms with Crippen LogP contribution in [0.2, 0.25) is 0 Å². The summed E-state index contributed by atoms with van der Waals surface area (Å²) < 4.78 is 0. The average molecular weight is 292 g/mol. The Morgan fingerprint density at radius 3 is 2.83 bits per heavy atom. The lowest BCUT2D eigenvalue weighted by Crippen LogP contribution is -2.50. The number of nitrogens with one attached hydrogen (secondary N) is 1. The van der Waals surface area contributed by atoms with E-state index in [9.17, 15) is 9.59 Å². The van der Waals surface area contributed by atoms with Crippen molar-refractivity contribution in [1.82, 2.24) is 10.2 Å². The van der Waals surface area contributed by atoms with E-state index >= 15 is 0 Å². The SMILES string of the molecule is CSCC(C)CNC(=O)N1C(C)SCC1C(=O)O. The third-order valence-electron chi connectivity index (χ3n) is 2.80. The molecule has 0 aromatic rings. The van der Waals surface area contributed by atoms with E-state index in [0.717, 1.165) is 5.75 Å². The lowest BCUT2D eigenvalue weighted by molar-refractivity contribution is -0.141. The van der Waals surface area contributed by atoms with E-state index < -0.39 is 12.0 Å².